The predicted molar refractivity (Wildman–Crippen MR) is 86.2 cm³/mol. The Morgan fingerprint density at radius 3 is 2.88 bits per heavy atom. The fourth-order valence-electron chi connectivity index (χ4n) is 3.32. The van der Waals surface area contributed by atoms with Gasteiger partial charge in [-0.05, 0) is 25.0 Å². The van der Waals surface area contributed by atoms with Gasteiger partial charge in [-0.15, -0.1) is 0 Å². The molecule has 2 fully saturated rings. The summed E-state index contributed by atoms with van der Waals surface area (Å²) in [5.41, 5.74) is 1.76. The standard InChI is InChI=1S/C18H17N3O3/c22-17(21-11-18(6-7-18)12-23-21)16-14(10-20-9-3-8-19-20)13-4-1-2-5-15(13)24-16/h1-5,8-9H,6-7,10-12H2. The van der Waals surface area contributed by atoms with Gasteiger partial charge in [0.1, 0.15) is 5.58 Å². The highest BCUT2D eigenvalue weighted by atomic mass is 16.7. The molecule has 3 heterocycles. The van der Waals surface area contributed by atoms with Crippen LogP contribution >= 0.6 is 0 Å². The minimum absolute atomic E-state index is 0.197. The Morgan fingerprint density at radius 2 is 2.12 bits per heavy atom. The van der Waals surface area contributed by atoms with Crippen LogP contribution in [0.1, 0.15) is 29.0 Å². The molecule has 122 valence electrons. The average molecular weight is 323 g/mol. The van der Waals surface area contributed by atoms with Crippen molar-refractivity contribution in [2.45, 2.75) is 19.4 Å². The van der Waals surface area contributed by atoms with Crippen molar-refractivity contribution in [3.05, 3.63) is 54.0 Å². The number of carbonyl (C=O) groups is 1. The van der Waals surface area contributed by atoms with Crippen molar-refractivity contribution in [2.75, 3.05) is 13.2 Å². The number of amides is 1. The predicted octanol–water partition coefficient (Wildman–Crippen LogP) is 2.85. The van der Waals surface area contributed by atoms with Gasteiger partial charge in [0.2, 0.25) is 0 Å². The van der Waals surface area contributed by atoms with E-state index in [1.807, 2.05) is 36.5 Å². The molecule has 2 aliphatic rings. The molecule has 0 atom stereocenters. The number of carbonyl (C=O) groups excluding carboxylic acids is 1. The Hall–Kier alpha value is -2.60. The van der Waals surface area contributed by atoms with Crippen molar-refractivity contribution in [3.8, 4) is 0 Å². The Morgan fingerprint density at radius 1 is 1.25 bits per heavy atom. The smallest absolute Gasteiger partial charge is 0.313 e. The van der Waals surface area contributed by atoms with Crippen LogP contribution in [0, 0.1) is 5.41 Å². The highest BCUT2D eigenvalue weighted by molar-refractivity contribution is 5.98. The molecule has 6 heteroatoms. The van der Waals surface area contributed by atoms with Gasteiger partial charge in [-0.2, -0.15) is 5.10 Å². The maximum Gasteiger partial charge on any atom is 0.313 e. The number of furan rings is 1. The van der Waals surface area contributed by atoms with Crippen LogP contribution in [0.15, 0.2) is 47.1 Å². The van der Waals surface area contributed by atoms with Crippen LogP contribution in [0.4, 0.5) is 0 Å². The maximum absolute atomic E-state index is 13.0. The SMILES string of the molecule is O=C(c1oc2ccccc2c1Cn1cccn1)N1CC2(CC2)CO1. The van der Waals surface area contributed by atoms with Crippen molar-refractivity contribution < 1.29 is 14.0 Å². The number of hydrogen-bond donors (Lipinski definition) is 0. The second-order valence-corrected chi connectivity index (χ2v) is 6.72. The van der Waals surface area contributed by atoms with Gasteiger partial charge in [0, 0.05) is 28.8 Å². The molecule has 0 unspecified atom stereocenters. The van der Waals surface area contributed by atoms with Gasteiger partial charge in [-0.1, -0.05) is 18.2 Å². The zero-order valence-electron chi connectivity index (χ0n) is 13.1. The number of hydrogen-bond acceptors (Lipinski definition) is 4. The Bertz CT molecular complexity index is 909. The third-order valence-corrected chi connectivity index (χ3v) is 4.96. The van der Waals surface area contributed by atoms with E-state index >= 15 is 0 Å². The molecule has 1 aliphatic heterocycles. The lowest BCUT2D eigenvalue weighted by atomic mass is 10.1. The zero-order valence-corrected chi connectivity index (χ0v) is 13.1. The Kier molecular flexibility index (Phi) is 2.84. The van der Waals surface area contributed by atoms with Crippen LogP contribution in [-0.2, 0) is 11.4 Å². The normalized spacial score (nSPS) is 18.6. The Labute approximate surface area is 138 Å². The topological polar surface area (TPSA) is 60.5 Å². The summed E-state index contributed by atoms with van der Waals surface area (Å²) in [7, 11) is 0. The first-order valence-corrected chi connectivity index (χ1v) is 8.17. The summed E-state index contributed by atoms with van der Waals surface area (Å²) in [4.78, 5) is 18.6. The lowest BCUT2D eigenvalue weighted by Crippen LogP contribution is -2.28. The summed E-state index contributed by atoms with van der Waals surface area (Å²) in [6, 6.07) is 9.57. The molecule has 1 saturated heterocycles. The van der Waals surface area contributed by atoms with Gasteiger partial charge in [-0.3, -0.25) is 14.3 Å². The number of nitrogens with zero attached hydrogens (tertiary/aromatic N) is 3. The minimum Gasteiger partial charge on any atom is -0.450 e. The molecule has 0 radical (unpaired) electrons. The van der Waals surface area contributed by atoms with E-state index in [4.69, 9.17) is 9.25 Å². The van der Waals surface area contributed by atoms with Gasteiger partial charge in [-0.25, -0.2) is 5.06 Å². The van der Waals surface area contributed by atoms with Crippen molar-refractivity contribution in [3.63, 3.8) is 0 Å². The van der Waals surface area contributed by atoms with Gasteiger partial charge >= 0.3 is 5.91 Å². The molecule has 6 nitrogen and oxygen atoms in total. The minimum atomic E-state index is -0.197. The van der Waals surface area contributed by atoms with Crippen LogP contribution in [-0.4, -0.2) is 33.9 Å². The third-order valence-electron chi connectivity index (χ3n) is 4.96. The molecule has 0 bridgehead atoms. The number of aromatic nitrogens is 2. The molecule has 1 aromatic carbocycles. The van der Waals surface area contributed by atoms with Gasteiger partial charge < -0.3 is 4.42 Å². The molecule has 1 amide bonds. The Balaban J connectivity index is 1.55. The fraction of sp³-hybridized carbons (Fsp3) is 0.333. The number of benzene rings is 1. The maximum atomic E-state index is 13.0. The summed E-state index contributed by atoms with van der Waals surface area (Å²) in [5.74, 6) is 0.154. The van der Waals surface area contributed by atoms with Crippen LogP contribution in [0.2, 0.25) is 0 Å². The van der Waals surface area contributed by atoms with Crippen molar-refractivity contribution in [1.82, 2.24) is 14.8 Å². The molecular formula is C18H17N3O3. The molecule has 0 N–H and O–H groups in total. The van der Waals surface area contributed by atoms with Crippen LogP contribution in [0.3, 0.4) is 0 Å². The van der Waals surface area contributed by atoms with Crippen LogP contribution < -0.4 is 0 Å². The highest BCUT2D eigenvalue weighted by Crippen LogP contribution is 2.50. The lowest BCUT2D eigenvalue weighted by molar-refractivity contribution is -0.0790. The first kappa shape index (κ1) is 13.8. The molecule has 2 aromatic heterocycles. The molecule has 1 spiro atoms. The molecule has 1 aliphatic carbocycles. The number of para-hydroxylation sites is 1. The lowest BCUT2D eigenvalue weighted by Gasteiger charge is -2.13. The second-order valence-electron chi connectivity index (χ2n) is 6.72. The summed E-state index contributed by atoms with van der Waals surface area (Å²) in [5, 5.41) is 6.66. The third kappa shape index (κ3) is 2.14. The van der Waals surface area contributed by atoms with Crippen molar-refractivity contribution >= 4 is 16.9 Å². The van der Waals surface area contributed by atoms with E-state index in [2.05, 4.69) is 5.10 Å². The zero-order chi connectivity index (χ0) is 16.1. The van der Waals surface area contributed by atoms with E-state index < -0.39 is 0 Å². The highest BCUT2D eigenvalue weighted by Gasteiger charge is 2.51. The summed E-state index contributed by atoms with van der Waals surface area (Å²) >= 11 is 0. The van der Waals surface area contributed by atoms with Crippen LogP contribution in [0.5, 0.6) is 0 Å². The average Bonchev–Trinajstić information content (AvgIpc) is 2.99. The van der Waals surface area contributed by atoms with E-state index in [9.17, 15) is 4.79 Å². The quantitative estimate of drug-likeness (QED) is 0.743. The summed E-state index contributed by atoms with van der Waals surface area (Å²) in [6.45, 7) is 1.78. The first-order chi connectivity index (χ1) is 11.7. The van der Waals surface area contributed by atoms with E-state index in [1.165, 1.54) is 5.06 Å². The second kappa shape index (κ2) is 4.95. The first-order valence-electron chi connectivity index (χ1n) is 8.17. The van der Waals surface area contributed by atoms with Crippen molar-refractivity contribution in [1.29, 1.82) is 0 Å². The van der Waals surface area contributed by atoms with E-state index in [0.29, 0.717) is 31.0 Å². The van der Waals surface area contributed by atoms with Gasteiger partial charge in [0.05, 0.1) is 19.7 Å². The largest absolute Gasteiger partial charge is 0.450 e. The summed E-state index contributed by atoms with van der Waals surface area (Å²) < 4.78 is 7.69. The van der Waals surface area contributed by atoms with E-state index in [0.717, 1.165) is 23.8 Å². The molecular weight excluding hydrogens is 306 g/mol. The number of hydroxylamine groups is 2. The van der Waals surface area contributed by atoms with E-state index in [-0.39, 0.29) is 11.3 Å². The van der Waals surface area contributed by atoms with E-state index in [1.54, 1.807) is 10.9 Å². The van der Waals surface area contributed by atoms with Crippen molar-refractivity contribution in [2.24, 2.45) is 5.41 Å². The summed E-state index contributed by atoms with van der Waals surface area (Å²) in [6.07, 6.45) is 5.87. The molecule has 24 heavy (non-hydrogen) atoms. The molecule has 1 saturated carbocycles. The molecule has 5 rings (SSSR count). The van der Waals surface area contributed by atoms with Gasteiger partial charge in [0.15, 0.2) is 5.76 Å². The van der Waals surface area contributed by atoms with Crippen LogP contribution in [0.25, 0.3) is 11.0 Å². The van der Waals surface area contributed by atoms with Gasteiger partial charge in [0.25, 0.3) is 0 Å². The fourth-order valence-corrected chi connectivity index (χ4v) is 3.32. The molecule has 3 aromatic rings. The number of rotatable bonds is 3. The monoisotopic (exact) mass is 323 g/mol. The number of fused-ring (bicyclic) bond motifs is 1.